The Kier molecular flexibility index (Phi) is 5.06. The third-order valence-corrected chi connectivity index (χ3v) is 3.86. The van der Waals surface area contributed by atoms with E-state index in [9.17, 15) is 14.9 Å². The number of nitrogens with one attached hydrogen (secondary N) is 1. The molecule has 0 bridgehead atoms. The van der Waals surface area contributed by atoms with Gasteiger partial charge in [0.05, 0.1) is 10.5 Å². The summed E-state index contributed by atoms with van der Waals surface area (Å²) in [7, 11) is 0. The van der Waals surface area contributed by atoms with Gasteiger partial charge in [0.25, 0.3) is 5.69 Å². The second kappa shape index (κ2) is 7.00. The normalized spacial score (nSPS) is 10.6. The fourth-order valence-corrected chi connectivity index (χ4v) is 2.11. The smallest absolute Gasteiger partial charge is 0.276 e. The molecule has 2 aromatic rings. The number of nitrogens with zero attached hydrogens (tertiary/aromatic N) is 1. The van der Waals surface area contributed by atoms with Crippen LogP contribution in [0.4, 0.5) is 11.4 Å². The van der Waals surface area contributed by atoms with Crippen molar-refractivity contribution in [1.82, 2.24) is 0 Å². The van der Waals surface area contributed by atoms with Crippen molar-refractivity contribution in [3.63, 3.8) is 0 Å². The van der Waals surface area contributed by atoms with Crippen LogP contribution in [0.5, 0.6) is 0 Å². The molecule has 0 unspecified atom stereocenters. The van der Waals surface area contributed by atoms with Gasteiger partial charge in [-0.3, -0.25) is 14.9 Å². The van der Waals surface area contributed by atoms with E-state index in [0.717, 1.165) is 10.0 Å². The second-order valence-corrected chi connectivity index (χ2v) is 5.46. The molecule has 0 heterocycles. The predicted octanol–water partition coefficient (Wildman–Crippen LogP) is 4.32. The van der Waals surface area contributed by atoms with Crippen LogP contribution in [-0.4, -0.2) is 10.8 Å². The quantitative estimate of drug-likeness (QED) is 0.501. The van der Waals surface area contributed by atoms with Gasteiger partial charge in [0.15, 0.2) is 0 Å². The number of hydrogen-bond acceptors (Lipinski definition) is 3. The van der Waals surface area contributed by atoms with Crippen molar-refractivity contribution in [2.75, 3.05) is 5.32 Å². The van der Waals surface area contributed by atoms with E-state index in [2.05, 4.69) is 21.2 Å². The second-order valence-electron chi connectivity index (χ2n) is 4.60. The minimum Gasteiger partial charge on any atom is -0.323 e. The van der Waals surface area contributed by atoms with Gasteiger partial charge in [-0.15, -0.1) is 0 Å². The molecular formula is C16H13BrN2O3. The number of amides is 1. The Morgan fingerprint density at radius 1 is 1.27 bits per heavy atom. The first-order valence-electron chi connectivity index (χ1n) is 6.46. The van der Waals surface area contributed by atoms with Crippen molar-refractivity contribution in [1.29, 1.82) is 0 Å². The number of hydrogen-bond donors (Lipinski definition) is 1. The molecule has 1 amide bonds. The molecule has 2 rings (SSSR count). The minimum atomic E-state index is -0.477. The standard InChI is InChI=1S/C16H13BrN2O3/c1-11-10-13(7-8-14(11)17)18-16(20)9-6-12-4-2-3-5-15(12)19(21)22/h2-10H,1H3,(H,18,20). The molecule has 22 heavy (non-hydrogen) atoms. The number of carbonyl (C=O) groups excluding carboxylic acids is 1. The highest BCUT2D eigenvalue weighted by molar-refractivity contribution is 9.10. The summed E-state index contributed by atoms with van der Waals surface area (Å²) in [6.45, 7) is 1.92. The van der Waals surface area contributed by atoms with E-state index in [1.54, 1.807) is 24.3 Å². The van der Waals surface area contributed by atoms with Crippen molar-refractivity contribution >= 4 is 39.3 Å². The van der Waals surface area contributed by atoms with E-state index < -0.39 is 4.92 Å². The van der Waals surface area contributed by atoms with E-state index in [1.165, 1.54) is 18.2 Å². The van der Waals surface area contributed by atoms with Crippen LogP contribution in [0.2, 0.25) is 0 Å². The number of para-hydroxylation sites is 1. The number of halogens is 1. The van der Waals surface area contributed by atoms with Crippen molar-refractivity contribution < 1.29 is 9.72 Å². The number of aryl methyl sites for hydroxylation is 1. The van der Waals surface area contributed by atoms with E-state index in [4.69, 9.17) is 0 Å². The Bertz CT molecular complexity index is 757. The minimum absolute atomic E-state index is 0.0361. The van der Waals surface area contributed by atoms with Crippen LogP contribution in [0.3, 0.4) is 0 Å². The summed E-state index contributed by atoms with van der Waals surface area (Å²) in [4.78, 5) is 22.3. The van der Waals surface area contributed by atoms with E-state index in [1.807, 2.05) is 19.1 Å². The maximum absolute atomic E-state index is 11.9. The summed E-state index contributed by atoms with van der Waals surface area (Å²) in [5, 5.41) is 13.6. The van der Waals surface area contributed by atoms with Gasteiger partial charge in [-0.1, -0.05) is 28.1 Å². The third kappa shape index (κ3) is 4.02. The maximum Gasteiger partial charge on any atom is 0.276 e. The Morgan fingerprint density at radius 3 is 2.68 bits per heavy atom. The number of benzene rings is 2. The summed E-state index contributed by atoms with van der Waals surface area (Å²) in [6, 6.07) is 11.7. The first kappa shape index (κ1) is 15.9. The van der Waals surface area contributed by atoms with Gasteiger partial charge in [-0.05, 0) is 42.8 Å². The lowest BCUT2D eigenvalue weighted by atomic mass is 10.1. The van der Waals surface area contributed by atoms with Gasteiger partial charge in [-0.2, -0.15) is 0 Å². The van der Waals surface area contributed by atoms with E-state index >= 15 is 0 Å². The number of carbonyl (C=O) groups is 1. The third-order valence-electron chi connectivity index (χ3n) is 2.97. The number of nitro benzene ring substituents is 1. The van der Waals surface area contributed by atoms with Crippen LogP contribution in [0.25, 0.3) is 6.08 Å². The Labute approximate surface area is 135 Å². The molecule has 112 valence electrons. The van der Waals surface area contributed by atoms with Crippen LogP contribution >= 0.6 is 15.9 Å². The summed E-state index contributed by atoms with van der Waals surface area (Å²) in [6.07, 6.45) is 2.71. The van der Waals surface area contributed by atoms with Gasteiger partial charge >= 0.3 is 0 Å². The predicted molar refractivity (Wildman–Crippen MR) is 89.6 cm³/mol. The van der Waals surface area contributed by atoms with E-state index in [-0.39, 0.29) is 11.6 Å². The molecule has 6 heteroatoms. The number of anilines is 1. The van der Waals surface area contributed by atoms with E-state index in [0.29, 0.717) is 11.3 Å². The highest BCUT2D eigenvalue weighted by Crippen LogP contribution is 2.21. The molecule has 0 saturated carbocycles. The van der Waals surface area contributed by atoms with Gasteiger partial charge in [0.2, 0.25) is 5.91 Å². The van der Waals surface area contributed by atoms with Crippen LogP contribution in [-0.2, 0) is 4.79 Å². The average molecular weight is 361 g/mol. The molecule has 0 saturated heterocycles. The molecule has 0 aromatic heterocycles. The largest absolute Gasteiger partial charge is 0.323 e. The van der Waals surface area contributed by atoms with Crippen LogP contribution in [0.1, 0.15) is 11.1 Å². The molecule has 1 N–H and O–H groups in total. The lowest BCUT2D eigenvalue weighted by Crippen LogP contribution is -2.07. The zero-order valence-electron chi connectivity index (χ0n) is 11.7. The van der Waals surface area contributed by atoms with Crippen molar-refractivity contribution in [3.05, 3.63) is 74.3 Å². The molecule has 0 aliphatic rings. The molecule has 0 aliphatic carbocycles. The number of rotatable bonds is 4. The molecule has 0 atom stereocenters. The van der Waals surface area contributed by atoms with Crippen molar-refractivity contribution in [3.8, 4) is 0 Å². The highest BCUT2D eigenvalue weighted by Gasteiger charge is 2.09. The summed E-state index contributed by atoms with van der Waals surface area (Å²) in [5.41, 5.74) is 2.01. The van der Waals surface area contributed by atoms with Crippen LogP contribution < -0.4 is 5.32 Å². The Hall–Kier alpha value is -2.47. The first-order valence-corrected chi connectivity index (χ1v) is 7.25. The van der Waals surface area contributed by atoms with Crippen LogP contribution in [0.15, 0.2) is 53.0 Å². The molecule has 0 spiro atoms. The fraction of sp³-hybridized carbons (Fsp3) is 0.0625. The van der Waals surface area contributed by atoms with Gasteiger partial charge < -0.3 is 5.32 Å². The Morgan fingerprint density at radius 2 is 2.00 bits per heavy atom. The SMILES string of the molecule is Cc1cc(NC(=O)C=Cc2ccccc2[N+](=O)[O-])ccc1Br. The zero-order chi connectivity index (χ0) is 16.1. The van der Waals surface area contributed by atoms with Crippen molar-refractivity contribution in [2.45, 2.75) is 6.92 Å². The topological polar surface area (TPSA) is 72.2 Å². The molecule has 5 nitrogen and oxygen atoms in total. The fourth-order valence-electron chi connectivity index (χ4n) is 1.87. The van der Waals surface area contributed by atoms with Gasteiger partial charge in [0.1, 0.15) is 0 Å². The lowest BCUT2D eigenvalue weighted by molar-refractivity contribution is -0.385. The summed E-state index contributed by atoms with van der Waals surface area (Å²) >= 11 is 3.39. The van der Waals surface area contributed by atoms with Gasteiger partial charge in [-0.25, -0.2) is 0 Å². The molecular weight excluding hydrogens is 348 g/mol. The average Bonchev–Trinajstić information content (AvgIpc) is 2.49. The number of nitro groups is 1. The van der Waals surface area contributed by atoms with Gasteiger partial charge in [0, 0.05) is 22.3 Å². The summed E-state index contributed by atoms with van der Waals surface area (Å²) in [5.74, 6) is -0.347. The first-order chi connectivity index (χ1) is 10.5. The zero-order valence-corrected chi connectivity index (χ0v) is 13.3. The molecule has 0 radical (unpaired) electrons. The summed E-state index contributed by atoms with van der Waals surface area (Å²) < 4.78 is 0.959. The molecule has 2 aromatic carbocycles. The molecule has 0 fully saturated rings. The maximum atomic E-state index is 11.9. The molecule has 0 aliphatic heterocycles. The lowest BCUT2D eigenvalue weighted by Gasteiger charge is -2.04. The monoisotopic (exact) mass is 360 g/mol. The highest BCUT2D eigenvalue weighted by atomic mass is 79.9. The van der Waals surface area contributed by atoms with Crippen LogP contribution in [0, 0.1) is 17.0 Å². The van der Waals surface area contributed by atoms with Crippen molar-refractivity contribution in [2.24, 2.45) is 0 Å². The Balaban J connectivity index is 2.12.